The Morgan fingerprint density at radius 2 is 1.73 bits per heavy atom. The van der Waals surface area contributed by atoms with Gasteiger partial charge in [-0.05, 0) is 62.1 Å². The predicted molar refractivity (Wildman–Crippen MR) is 118 cm³/mol. The summed E-state index contributed by atoms with van der Waals surface area (Å²) in [5.74, 6) is 0.838. The van der Waals surface area contributed by atoms with Crippen LogP contribution in [0.15, 0.2) is 41.3 Å². The van der Waals surface area contributed by atoms with E-state index in [1.807, 2.05) is 25.1 Å². The molecule has 1 amide bonds. The number of aryl methyl sites for hydroxylation is 1. The Morgan fingerprint density at radius 3 is 2.33 bits per heavy atom. The van der Waals surface area contributed by atoms with Crippen LogP contribution in [0.5, 0.6) is 11.5 Å². The molecule has 8 heteroatoms. The summed E-state index contributed by atoms with van der Waals surface area (Å²) in [6, 6.07) is 9.94. The number of rotatable bonds is 9. The van der Waals surface area contributed by atoms with E-state index < -0.39 is 15.9 Å². The molecule has 0 aliphatic carbocycles. The zero-order chi connectivity index (χ0) is 22.5. The van der Waals surface area contributed by atoms with Crippen LogP contribution in [0.3, 0.4) is 0 Å². The first kappa shape index (κ1) is 23.7. The minimum atomic E-state index is -3.71. The van der Waals surface area contributed by atoms with Gasteiger partial charge in [-0.1, -0.05) is 26.0 Å². The summed E-state index contributed by atoms with van der Waals surface area (Å²) >= 11 is 0. The molecule has 0 atom stereocenters. The molecular formula is C22H30N2O5S. The molecule has 0 aliphatic rings. The van der Waals surface area contributed by atoms with Crippen molar-refractivity contribution in [3.05, 3.63) is 47.5 Å². The lowest BCUT2D eigenvalue weighted by Crippen LogP contribution is -2.30. The number of sulfonamides is 1. The number of methoxy groups -OCH3 is 1. The Balaban J connectivity index is 2.19. The van der Waals surface area contributed by atoms with Crippen molar-refractivity contribution < 1.29 is 22.7 Å². The second-order valence-electron chi connectivity index (χ2n) is 7.67. The number of benzene rings is 2. The molecule has 2 N–H and O–H groups in total. The van der Waals surface area contributed by atoms with E-state index >= 15 is 0 Å². The lowest BCUT2D eigenvalue weighted by atomic mass is 10.0. The molecule has 0 heterocycles. The number of hydrogen-bond donors (Lipinski definition) is 2. The normalized spacial score (nSPS) is 11.6. The Morgan fingerprint density at radius 1 is 1.03 bits per heavy atom. The summed E-state index contributed by atoms with van der Waals surface area (Å²) < 4.78 is 38.4. The number of ether oxygens (including phenoxy) is 2. The molecule has 0 aliphatic heterocycles. The smallest absolute Gasteiger partial charge is 0.262 e. The molecule has 0 radical (unpaired) electrons. The third-order valence-corrected chi connectivity index (χ3v) is 5.95. The Bertz CT molecular complexity index is 1000. The van der Waals surface area contributed by atoms with Gasteiger partial charge in [0.25, 0.3) is 5.91 Å². The van der Waals surface area contributed by atoms with Crippen LogP contribution < -0.4 is 19.5 Å². The first-order valence-corrected chi connectivity index (χ1v) is 11.3. The van der Waals surface area contributed by atoms with Crippen LogP contribution in [0.25, 0.3) is 0 Å². The molecule has 164 valence electrons. The second kappa shape index (κ2) is 9.95. The molecule has 0 saturated carbocycles. The van der Waals surface area contributed by atoms with Gasteiger partial charge in [0.05, 0.1) is 17.7 Å². The number of carbonyl (C=O) groups is 1. The average molecular weight is 435 g/mol. The summed E-state index contributed by atoms with van der Waals surface area (Å²) in [5, 5.41) is 2.68. The number of hydrogen-bond acceptors (Lipinski definition) is 5. The molecular weight excluding hydrogens is 404 g/mol. The minimum Gasteiger partial charge on any atom is -0.495 e. The fourth-order valence-electron chi connectivity index (χ4n) is 2.90. The largest absolute Gasteiger partial charge is 0.495 e. The van der Waals surface area contributed by atoms with Gasteiger partial charge in [0.2, 0.25) is 10.0 Å². The standard InChI is InChI=1S/C22H30N2O5S/c1-14(2)18-9-7-16(5)11-21(18)29-13-22(25)23-19-12-17(8-10-20(19)28-6)30(26,27)24-15(3)4/h7-12,14-15,24H,13H2,1-6H3,(H,23,25). The number of anilines is 1. The predicted octanol–water partition coefficient (Wildman–Crippen LogP) is 3.83. The van der Waals surface area contributed by atoms with Gasteiger partial charge < -0.3 is 14.8 Å². The van der Waals surface area contributed by atoms with E-state index in [2.05, 4.69) is 23.9 Å². The Labute approximate surface area is 178 Å². The van der Waals surface area contributed by atoms with Crippen LogP contribution in [0.4, 0.5) is 5.69 Å². The first-order chi connectivity index (χ1) is 14.0. The molecule has 0 unspecified atom stereocenters. The maximum absolute atomic E-state index is 12.5. The van der Waals surface area contributed by atoms with Gasteiger partial charge in [-0.25, -0.2) is 13.1 Å². The van der Waals surface area contributed by atoms with Gasteiger partial charge in [0.1, 0.15) is 11.5 Å². The molecule has 0 bridgehead atoms. The van der Waals surface area contributed by atoms with Crippen LogP contribution in [-0.2, 0) is 14.8 Å². The average Bonchev–Trinajstić information content (AvgIpc) is 2.65. The highest BCUT2D eigenvalue weighted by molar-refractivity contribution is 7.89. The van der Waals surface area contributed by atoms with E-state index in [9.17, 15) is 13.2 Å². The number of amides is 1. The number of nitrogens with one attached hydrogen (secondary N) is 2. The monoisotopic (exact) mass is 434 g/mol. The molecule has 7 nitrogen and oxygen atoms in total. The third kappa shape index (κ3) is 6.21. The zero-order valence-corrected chi connectivity index (χ0v) is 19.1. The first-order valence-electron chi connectivity index (χ1n) is 9.77. The van der Waals surface area contributed by atoms with Gasteiger partial charge in [0, 0.05) is 6.04 Å². The van der Waals surface area contributed by atoms with Crippen molar-refractivity contribution in [2.75, 3.05) is 19.0 Å². The van der Waals surface area contributed by atoms with E-state index in [1.54, 1.807) is 13.8 Å². The summed E-state index contributed by atoms with van der Waals surface area (Å²) in [6.45, 7) is 9.32. The molecule has 2 aromatic carbocycles. The summed E-state index contributed by atoms with van der Waals surface area (Å²) in [7, 11) is -2.26. The maximum atomic E-state index is 12.5. The highest BCUT2D eigenvalue weighted by Gasteiger charge is 2.19. The van der Waals surface area contributed by atoms with Crippen LogP contribution >= 0.6 is 0 Å². The second-order valence-corrected chi connectivity index (χ2v) is 9.38. The molecule has 0 aromatic heterocycles. The van der Waals surface area contributed by atoms with E-state index in [0.717, 1.165) is 11.1 Å². The summed E-state index contributed by atoms with van der Waals surface area (Å²) in [5.41, 5.74) is 2.30. The molecule has 30 heavy (non-hydrogen) atoms. The molecule has 0 spiro atoms. The van der Waals surface area contributed by atoms with Crippen LogP contribution in [0.2, 0.25) is 0 Å². The van der Waals surface area contributed by atoms with Crippen LogP contribution in [-0.4, -0.2) is 34.1 Å². The van der Waals surface area contributed by atoms with Gasteiger partial charge in [-0.3, -0.25) is 4.79 Å². The molecule has 0 fully saturated rings. The highest BCUT2D eigenvalue weighted by atomic mass is 32.2. The molecule has 2 rings (SSSR count). The number of carbonyl (C=O) groups excluding carboxylic acids is 1. The van der Waals surface area contributed by atoms with Crippen molar-refractivity contribution in [2.45, 2.75) is 51.5 Å². The lowest BCUT2D eigenvalue weighted by molar-refractivity contribution is -0.118. The van der Waals surface area contributed by atoms with Crippen LogP contribution in [0, 0.1) is 6.92 Å². The quantitative estimate of drug-likeness (QED) is 0.626. The fraction of sp³-hybridized carbons (Fsp3) is 0.409. The maximum Gasteiger partial charge on any atom is 0.262 e. The Hall–Kier alpha value is -2.58. The van der Waals surface area contributed by atoms with Crippen molar-refractivity contribution in [2.24, 2.45) is 0 Å². The van der Waals surface area contributed by atoms with Gasteiger partial charge in [-0.15, -0.1) is 0 Å². The topological polar surface area (TPSA) is 93.7 Å². The van der Waals surface area contributed by atoms with Crippen LogP contribution in [0.1, 0.15) is 44.7 Å². The van der Waals surface area contributed by atoms with Gasteiger partial charge in [-0.2, -0.15) is 0 Å². The summed E-state index contributed by atoms with van der Waals surface area (Å²) in [6.07, 6.45) is 0. The van der Waals surface area contributed by atoms with Gasteiger partial charge >= 0.3 is 0 Å². The van der Waals surface area contributed by atoms with E-state index in [1.165, 1.54) is 25.3 Å². The van der Waals surface area contributed by atoms with Crippen molar-refractivity contribution >= 4 is 21.6 Å². The highest BCUT2D eigenvalue weighted by Crippen LogP contribution is 2.29. The lowest BCUT2D eigenvalue weighted by Gasteiger charge is -2.16. The molecule has 2 aromatic rings. The minimum absolute atomic E-state index is 0.0361. The van der Waals surface area contributed by atoms with E-state index in [0.29, 0.717) is 11.5 Å². The SMILES string of the molecule is COc1ccc(S(=O)(=O)NC(C)C)cc1NC(=O)COc1cc(C)ccc1C(C)C. The third-order valence-electron chi connectivity index (χ3n) is 4.30. The summed E-state index contributed by atoms with van der Waals surface area (Å²) in [4.78, 5) is 12.5. The van der Waals surface area contributed by atoms with Crippen molar-refractivity contribution in [1.29, 1.82) is 0 Å². The van der Waals surface area contributed by atoms with Gasteiger partial charge in [0.15, 0.2) is 6.61 Å². The molecule has 0 saturated heterocycles. The van der Waals surface area contributed by atoms with Crippen molar-refractivity contribution in [3.8, 4) is 11.5 Å². The van der Waals surface area contributed by atoms with Crippen molar-refractivity contribution in [3.63, 3.8) is 0 Å². The van der Waals surface area contributed by atoms with E-state index in [4.69, 9.17) is 9.47 Å². The Kier molecular flexibility index (Phi) is 7.86. The fourth-order valence-corrected chi connectivity index (χ4v) is 4.18. The van der Waals surface area contributed by atoms with E-state index in [-0.39, 0.29) is 29.1 Å². The zero-order valence-electron chi connectivity index (χ0n) is 18.3. The van der Waals surface area contributed by atoms with Crippen molar-refractivity contribution in [1.82, 2.24) is 4.72 Å².